The van der Waals surface area contributed by atoms with Gasteiger partial charge in [-0.2, -0.15) is 0 Å². The number of hydrogen-bond donors (Lipinski definition) is 1. The molecule has 1 amide bonds. The van der Waals surface area contributed by atoms with E-state index in [0.29, 0.717) is 19.3 Å². The van der Waals surface area contributed by atoms with Crippen LogP contribution in [0.15, 0.2) is 18.2 Å². The minimum Gasteiger partial charge on any atom is -0.356 e. The highest BCUT2D eigenvalue weighted by molar-refractivity contribution is 6.31. The Labute approximate surface area is 183 Å². The van der Waals surface area contributed by atoms with Gasteiger partial charge in [-0.05, 0) is 54.9 Å². The Bertz CT molecular complexity index is 911. The van der Waals surface area contributed by atoms with E-state index in [-0.39, 0.29) is 17.4 Å². The van der Waals surface area contributed by atoms with Crippen LogP contribution in [-0.4, -0.2) is 53.0 Å². The molecule has 0 saturated carbocycles. The number of piperidine rings is 1. The SMILES string of the molecule is CC(C)(C)CC1c2[nH]c3ccc(Cl)cc3c2CCN1C(=O)CCN1CCC(F)CC1. The molecule has 3 heterocycles. The van der Waals surface area contributed by atoms with Crippen LogP contribution >= 0.6 is 11.6 Å². The molecule has 164 valence electrons. The number of aromatic nitrogens is 1. The monoisotopic (exact) mass is 433 g/mol. The Morgan fingerprint density at radius 2 is 1.97 bits per heavy atom. The summed E-state index contributed by atoms with van der Waals surface area (Å²) in [6.07, 6.45) is 2.74. The van der Waals surface area contributed by atoms with Crippen molar-refractivity contribution in [1.82, 2.24) is 14.8 Å². The highest BCUT2D eigenvalue weighted by Gasteiger charge is 2.35. The number of nitrogens with zero attached hydrogens (tertiary/aromatic N) is 2. The smallest absolute Gasteiger partial charge is 0.224 e. The largest absolute Gasteiger partial charge is 0.356 e. The molecule has 1 aromatic heterocycles. The number of H-pyrrole nitrogens is 1. The van der Waals surface area contributed by atoms with Crippen LogP contribution in [0.25, 0.3) is 10.9 Å². The second-order valence-corrected chi connectivity index (χ2v) is 10.5. The van der Waals surface area contributed by atoms with Crippen LogP contribution in [0.3, 0.4) is 0 Å². The standard InChI is InChI=1S/C24H33ClFN3O/c1-24(2,3)15-21-23-18(19-14-16(25)4-5-20(19)27-23)8-13-29(21)22(30)9-12-28-10-6-17(26)7-11-28/h4-5,14,17,21,27H,6-13,15H2,1-3H3. The van der Waals surface area contributed by atoms with Crippen molar-refractivity contribution < 1.29 is 9.18 Å². The van der Waals surface area contributed by atoms with Gasteiger partial charge in [-0.15, -0.1) is 0 Å². The van der Waals surface area contributed by atoms with Gasteiger partial charge in [0, 0.05) is 54.2 Å². The lowest BCUT2D eigenvalue weighted by molar-refractivity contribution is -0.135. The van der Waals surface area contributed by atoms with Crippen LogP contribution in [-0.2, 0) is 11.2 Å². The van der Waals surface area contributed by atoms with Crippen molar-refractivity contribution in [2.75, 3.05) is 26.2 Å². The Morgan fingerprint density at radius 1 is 1.23 bits per heavy atom. The van der Waals surface area contributed by atoms with E-state index >= 15 is 0 Å². The summed E-state index contributed by atoms with van der Waals surface area (Å²) in [6.45, 7) is 9.65. The summed E-state index contributed by atoms with van der Waals surface area (Å²) in [5.74, 6) is 0.203. The van der Waals surface area contributed by atoms with Crippen molar-refractivity contribution >= 4 is 28.4 Å². The Morgan fingerprint density at radius 3 is 2.67 bits per heavy atom. The van der Waals surface area contributed by atoms with Gasteiger partial charge in [0.05, 0.1) is 6.04 Å². The zero-order chi connectivity index (χ0) is 21.5. The van der Waals surface area contributed by atoms with Crippen LogP contribution in [0.1, 0.15) is 63.8 Å². The predicted octanol–water partition coefficient (Wildman–Crippen LogP) is 5.51. The molecule has 6 heteroatoms. The molecule has 4 nitrogen and oxygen atoms in total. The maximum atomic E-state index is 13.4. The molecule has 0 radical (unpaired) electrons. The number of aromatic amines is 1. The molecule has 1 atom stereocenters. The maximum Gasteiger partial charge on any atom is 0.224 e. The number of carbonyl (C=O) groups is 1. The summed E-state index contributed by atoms with van der Waals surface area (Å²) in [7, 11) is 0. The van der Waals surface area contributed by atoms with E-state index in [1.54, 1.807) is 0 Å². The lowest BCUT2D eigenvalue weighted by atomic mass is 9.83. The number of fused-ring (bicyclic) bond motifs is 3. The minimum atomic E-state index is -0.677. The molecule has 1 saturated heterocycles. The molecule has 0 spiro atoms. The third-order valence-electron chi connectivity index (χ3n) is 6.50. The number of likely N-dealkylation sites (tertiary alicyclic amines) is 1. The van der Waals surface area contributed by atoms with Crippen molar-refractivity contribution in [2.45, 2.75) is 65.1 Å². The first kappa shape index (κ1) is 21.6. The lowest BCUT2D eigenvalue weighted by Gasteiger charge is -2.39. The maximum absolute atomic E-state index is 13.4. The van der Waals surface area contributed by atoms with Crippen molar-refractivity contribution in [2.24, 2.45) is 5.41 Å². The van der Waals surface area contributed by atoms with E-state index < -0.39 is 6.17 Å². The van der Waals surface area contributed by atoms with E-state index in [9.17, 15) is 9.18 Å². The zero-order valence-corrected chi connectivity index (χ0v) is 19.1. The van der Waals surface area contributed by atoms with Gasteiger partial charge in [-0.1, -0.05) is 32.4 Å². The van der Waals surface area contributed by atoms with Crippen LogP contribution in [0, 0.1) is 5.41 Å². The average Bonchev–Trinajstić information content (AvgIpc) is 3.05. The van der Waals surface area contributed by atoms with Crippen molar-refractivity contribution in [3.8, 4) is 0 Å². The number of benzene rings is 1. The molecule has 2 aliphatic rings. The summed E-state index contributed by atoms with van der Waals surface area (Å²) in [5.41, 5.74) is 3.65. The second-order valence-electron chi connectivity index (χ2n) is 10.1. The topological polar surface area (TPSA) is 39.3 Å². The van der Waals surface area contributed by atoms with Gasteiger partial charge >= 0.3 is 0 Å². The summed E-state index contributed by atoms with van der Waals surface area (Å²) < 4.78 is 13.4. The molecule has 0 aliphatic carbocycles. The molecule has 4 rings (SSSR count). The quantitative estimate of drug-likeness (QED) is 0.690. The zero-order valence-electron chi connectivity index (χ0n) is 18.3. The number of alkyl halides is 1. The normalized spacial score (nSPS) is 21.2. The number of hydrogen-bond acceptors (Lipinski definition) is 2. The molecule has 1 aromatic carbocycles. The number of halogens is 2. The Balaban J connectivity index is 1.55. The van der Waals surface area contributed by atoms with Gasteiger partial charge in [0.25, 0.3) is 0 Å². The second kappa shape index (κ2) is 8.51. The molecule has 1 N–H and O–H groups in total. The summed E-state index contributed by atoms with van der Waals surface area (Å²) in [4.78, 5) is 21.2. The average molecular weight is 434 g/mol. The number of carbonyl (C=O) groups excluding carboxylic acids is 1. The van der Waals surface area contributed by atoms with E-state index in [1.165, 1.54) is 16.6 Å². The van der Waals surface area contributed by atoms with Crippen LogP contribution in [0.5, 0.6) is 0 Å². The third-order valence-corrected chi connectivity index (χ3v) is 6.73. The fraction of sp³-hybridized carbons (Fsp3) is 0.625. The van der Waals surface area contributed by atoms with Gasteiger partial charge in [0.15, 0.2) is 0 Å². The van der Waals surface area contributed by atoms with Gasteiger partial charge in [-0.25, -0.2) is 4.39 Å². The molecular formula is C24H33ClFN3O. The lowest BCUT2D eigenvalue weighted by Crippen LogP contribution is -2.43. The van der Waals surface area contributed by atoms with Gasteiger partial charge in [0.2, 0.25) is 5.91 Å². The van der Waals surface area contributed by atoms with Crippen LogP contribution < -0.4 is 0 Å². The summed E-state index contributed by atoms with van der Waals surface area (Å²) >= 11 is 6.26. The van der Waals surface area contributed by atoms with Crippen LogP contribution in [0.2, 0.25) is 5.02 Å². The molecule has 2 aromatic rings. The Kier molecular flexibility index (Phi) is 6.13. The Hall–Kier alpha value is -1.59. The molecule has 1 unspecified atom stereocenters. The van der Waals surface area contributed by atoms with Gasteiger partial charge in [-0.3, -0.25) is 4.79 Å². The number of rotatable bonds is 4. The van der Waals surface area contributed by atoms with E-state index in [2.05, 4.69) is 35.6 Å². The number of amides is 1. The predicted molar refractivity (Wildman–Crippen MR) is 121 cm³/mol. The summed E-state index contributed by atoms with van der Waals surface area (Å²) in [6, 6.07) is 6.02. The van der Waals surface area contributed by atoms with E-state index in [4.69, 9.17) is 11.6 Å². The van der Waals surface area contributed by atoms with Crippen molar-refractivity contribution in [1.29, 1.82) is 0 Å². The molecule has 0 bridgehead atoms. The summed E-state index contributed by atoms with van der Waals surface area (Å²) in [5, 5.41) is 1.92. The number of nitrogens with one attached hydrogen (secondary N) is 1. The molecular weight excluding hydrogens is 401 g/mol. The highest BCUT2D eigenvalue weighted by Crippen LogP contribution is 2.41. The first-order valence-electron chi connectivity index (χ1n) is 11.2. The molecule has 2 aliphatic heterocycles. The van der Waals surface area contributed by atoms with Crippen molar-refractivity contribution in [3.63, 3.8) is 0 Å². The van der Waals surface area contributed by atoms with Gasteiger partial charge in [0.1, 0.15) is 6.17 Å². The fourth-order valence-corrected chi connectivity index (χ4v) is 5.12. The fourth-order valence-electron chi connectivity index (χ4n) is 4.95. The van der Waals surface area contributed by atoms with Gasteiger partial charge < -0.3 is 14.8 Å². The van der Waals surface area contributed by atoms with Crippen molar-refractivity contribution in [3.05, 3.63) is 34.5 Å². The molecule has 30 heavy (non-hydrogen) atoms. The first-order valence-corrected chi connectivity index (χ1v) is 11.5. The van der Waals surface area contributed by atoms with Crippen LogP contribution in [0.4, 0.5) is 4.39 Å². The van der Waals surface area contributed by atoms with E-state index in [0.717, 1.165) is 49.6 Å². The minimum absolute atomic E-state index is 0.0454. The van der Waals surface area contributed by atoms with E-state index in [1.807, 2.05) is 18.2 Å². The molecule has 1 fully saturated rings. The highest BCUT2D eigenvalue weighted by atomic mass is 35.5. The third kappa shape index (κ3) is 4.67. The first-order chi connectivity index (χ1) is 14.2.